The van der Waals surface area contributed by atoms with Crippen LogP contribution in [-0.2, 0) is 36.9 Å². The lowest BCUT2D eigenvalue weighted by atomic mass is 9.52. The van der Waals surface area contributed by atoms with E-state index in [1.165, 1.54) is 36.1 Å². The van der Waals surface area contributed by atoms with E-state index in [0.29, 0.717) is 0 Å². The SMILES string of the molecule is CN(C)[C@@H]1C(=O)C(C(N)=O)C(=O)[C@@]2(O)C(=O)C3C(=O)c4c(O)c(NC(=O)Cn5ccnn5)cc(F)c4C[C@H]3C[C@@H]12. The van der Waals surface area contributed by atoms with Crippen molar-refractivity contribution in [1.29, 1.82) is 0 Å². The molecule has 2 fully saturated rings. The number of hydrogen-bond donors (Lipinski definition) is 4. The van der Waals surface area contributed by atoms with Crippen molar-refractivity contribution < 1.29 is 43.4 Å². The molecule has 1 heterocycles. The normalized spacial score (nSPS) is 29.6. The van der Waals surface area contributed by atoms with Gasteiger partial charge in [-0.15, -0.1) is 5.10 Å². The third-order valence-electron chi connectivity index (χ3n) is 8.06. The summed E-state index contributed by atoms with van der Waals surface area (Å²) in [5.41, 5.74) is 1.18. The largest absolute Gasteiger partial charge is 0.505 e. The smallest absolute Gasteiger partial charge is 0.246 e. The predicted molar refractivity (Wildman–Crippen MR) is 130 cm³/mol. The third kappa shape index (κ3) is 3.83. The number of Topliss-reactive ketones (excluding diaryl/α,β-unsaturated/α-hetero) is 4. The monoisotopic (exact) mass is 556 g/mol. The zero-order chi connectivity index (χ0) is 29.3. The number of benzene rings is 1. The first-order valence-corrected chi connectivity index (χ1v) is 12.3. The number of halogens is 1. The Morgan fingerprint density at radius 1 is 1.25 bits per heavy atom. The van der Waals surface area contributed by atoms with Crippen LogP contribution in [0.25, 0.3) is 0 Å². The molecule has 1 aromatic carbocycles. The Hall–Kier alpha value is -4.37. The molecule has 0 bridgehead atoms. The van der Waals surface area contributed by atoms with Gasteiger partial charge in [-0.3, -0.25) is 33.7 Å². The third-order valence-corrected chi connectivity index (χ3v) is 8.06. The molecular formula is C25H25FN6O8. The second kappa shape index (κ2) is 9.38. The molecule has 6 atom stereocenters. The Kier molecular flexibility index (Phi) is 6.38. The first-order chi connectivity index (χ1) is 18.8. The molecule has 2 saturated carbocycles. The lowest BCUT2D eigenvalue weighted by Gasteiger charge is -2.52. The fourth-order valence-electron chi connectivity index (χ4n) is 6.38. The Balaban J connectivity index is 1.55. The van der Waals surface area contributed by atoms with Crippen LogP contribution in [0.1, 0.15) is 22.3 Å². The van der Waals surface area contributed by atoms with Gasteiger partial charge in [-0.2, -0.15) is 0 Å². The number of hydrogen-bond acceptors (Lipinski definition) is 11. The second-order valence-corrected chi connectivity index (χ2v) is 10.5. The van der Waals surface area contributed by atoms with Gasteiger partial charge in [0.2, 0.25) is 11.8 Å². The van der Waals surface area contributed by atoms with Gasteiger partial charge in [-0.1, -0.05) is 5.21 Å². The minimum Gasteiger partial charge on any atom is -0.505 e. The molecule has 2 amide bonds. The maximum Gasteiger partial charge on any atom is 0.246 e. The van der Waals surface area contributed by atoms with Crippen molar-refractivity contribution >= 4 is 40.6 Å². The summed E-state index contributed by atoms with van der Waals surface area (Å²) in [6.45, 7) is -0.335. The summed E-state index contributed by atoms with van der Waals surface area (Å²) in [5.74, 6) is -14.4. The summed E-state index contributed by atoms with van der Waals surface area (Å²) in [7, 11) is 2.93. The van der Waals surface area contributed by atoms with Crippen LogP contribution in [-0.4, -0.2) is 90.8 Å². The Bertz CT molecular complexity index is 1490. The number of phenolic OH excluding ortho intramolecular Hbond substituents is 1. The average Bonchev–Trinajstić information content (AvgIpc) is 3.37. The molecule has 0 spiro atoms. The number of carbonyl (C=O) groups is 6. The van der Waals surface area contributed by atoms with Crippen molar-refractivity contribution in [2.45, 2.75) is 31.0 Å². The van der Waals surface area contributed by atoms with E-state index in [2.05, 4.69) is 15.6 Å². The van der Waals surface area contributed by atoms with E-state index in [0.717, 1.165) is 6.07 Å². The number of aromatic hydroxyl groups is 1. The molecular weight excluding hydrogens is 531 g/mol. The van der Waals surface area contributed by atoms with Gasteiger partial charge in [0.25, 0.3) is 0 Å². The summed E-state index contributed by atoms with van der Waals surface area (Å²) < 4.78 is 16.5. The van der Waals surface area contributed by atoms with Gasteiger partial charge in [0.1, 0.15) is 18.1 Å². The van der Waals surface area contributed by atoms with E-state index in [1.807, 2.05) is 0 Å². The minimum atomic E-state index is -2.89. The van der Waals surface area contributed by atoms with Crippen molar-refractivity contribution in [3.8, 4) is 5.75 Å². The van der Waals surface area contributed by atoms with Crippen LogP contribution in [0.15, 0.2) is 18.5 Å². The summed E-state index contributed by atoms with van der Waals surface area (Å²) in [6, 6.07) is -0.419. The topological polar surface area (TPSA) is 215 Å². The fourth-order valence-corrected chi connectivity index (χ4v) is 6.38. The van der Waals surface area contributed by atoms with Gasteiger partial charge < -0.3 is 21.3 Å². The summed E-state index contributed by atoms with van der Waals surface area (Å²) >= 11 is 0. The number of likely N-dealkylation sites (N-methyl/N-ethyl adjacent to an activating group) is 1. The highest BCUT2D eigenvalue weighted by Crippen LogP contribution is 2.51. The van der Waals surface area contributed by atoms with E-state index in [1.54, 1.807) is 0 Å². The second-order valence-electron chi connectivity index (χ2n) is 10.5. The molecule has 40 heavy (non-hydrogen) atoms. The molecule has 0 radical (unpaired) electrons. The van der Waals surface area contributed by atoms with Crippen molar-refractivity contribution in [2.75, 3.05) is 19.4 Å². The summed E-state index contributed by atoms with van der Waals surface area (Å²) in [5, 5.41) is 31.9. The van der Waals surface area contributed by atoms with Crippen molar-refractivity contribution in [3.05, 3.63) is 35.4 Å². The van der Waals surface area contributed by atoms with Crippen LogP contribution in [0.2, 0.25) is 0 Å². The maximum absolute atomic E-state index is 15.3. The van der Waals surface area contributed by atoms with E-state index in [-0.39, 0.29) is 24.9 Å². The standard InChI is InChI=1S/C25H25FN6O8/c1-31(2)18-11-6-9-5-10-12(26)7-13(29-14(33)8-32-4-3-28-30-32)19(34)16(10)20(35)15(9)22(37)25(11,40)23(38)17(21(18)36)24(27)39/h3-4,7,9,11,15,17-18,34,40H,5-6,8H2,1-2H3,(H2,27,39)(H,29,33)/t9-,11-,15?,17?,18-,25-/m0/s1. The molecule has 2 unspecified atom stereocenters. The number of aliphatic hydroxyl groups is 1. The van der Waals surface area contributed by atoms with Gasteiger partial charge in [-0.05, 0) is 32.9 Å². The van der Waals surface area contributed by atoms with Crippen molar-refractivity contribution in [3.63, 3.8) is 0 Å². The first-order valence-electron chi connectivity index (χ1n) is 12.3. The van der Waals surface area contributed by atoms with Gasteiger partial charge in [0, 0.05) is 23.7 Å². The van der Waals surface area contributed by atoms with Crippen molar-refractivity contribution in [1.82, 2.24) is 19.9 Å². The highest BCUT2D eigenvalue weighted by Gasteiger charge is 2.69. The molecule has 1 aromatic heterocycles. The molecule has 5 N–H and O–H groups in total. The number of nitrogens with one attached hydrogen (secondary N) is 1. The molecule has 0 aliphatic heterocycles. The Labute approximate surface area is 225 Å². The van der Waals surface area contributed by atoms with Crippen LogP contribution >= 0.6 is 0 Å². The predicted octanol–water partition coefficient (Wildman–Crippen LogP) is -1.76. The summed E-state index contributed by atoms with van der Waals surface area (Å²) in [6.07, 6.45) is 2.28. The van der Waals surface area contributed by atoms with E-state index >= 15 is 4.39 Å². The molecule has 3 aliphatic carbocycles. The zero-order valence-corrected chi connectivity index (χ0v) is 21.3. The number of ketones is 4. The summed E-state index contributed by atoms with van der Waals surface area (Å²) in [4.78, 5) is 79.6. The van der Waals surface area contributed by atoms with E-state index < -0.39 is 93.1 Å². The number of nitrogens with zero attached hydrogens (tertiary/aromatic N) is 4. The maximum atomic E-state index is 15.3. The number of fused-ring (bicyclic) bond motifs is 3. The molecule has 3 aliphatic rings. The zero-order valence-electron chi connectivity index (χ0n) is 21.3. The van der Waals surface area contributed by atoms with Crippen molar-refractivity contribution in [2.24, 2.45) is 29.4 Å². The Morgan fingerprint density at radius 2 is 1.95 bits per heavy atom. The van der Waals surface area contributed by atoms with Crippen LogP contribution in [0.3, 0.4) is 0 Å². The van der Waals surface area contributed by atoms with Gasteiger partial charge >= 0.3 is 0 Å². The van der Waals surface area contributed by atoms with Gasteiger partial charge in [-0.25, -0.2) is 9.07 Å². The highest BCUT2D eigenvalue weighted by molar-refractivity contribution is 6.32. The number of anilines is 1. The molecule has 2 aromatic rings. The fraction of sp³-hybridized carbons (Fsp3) is 0.440. The minimum absolute atomic E-state index is 0.207. The lowest BCUT2D eigenvalue weighted by molar-refractivity contribution is -0.181. The number of carbonyl (C=O) groups excluding carboxylic acids is 6. The molecule has 5 rings (SSSR count). The van der Waals surface area contributed by atoms with Crippen LogP contribution < -0.4 is 11.1 Å². The number of primary amides is 1. The quantitative estimate of drug-likeness (QED) is 0.239. The average molecular weight is 557 g/mol. The van der Waals surface area contributed by atoms with E-state index in [4.69, 9.17) is 5.73 Å². The molecule has 15 heteroatoms. The number of aromatic nitrogens is 3. The lowest BCUT2D eigenvalue weighted by Crippen LogP contribution is -2.74. The van der Waals surface area contributed by atoms with Crippen LogP contribution in [0.5, 0.6) is 5.75 Å². The van der Waals surface area contributed by atoms with E-state index in [9.17, 15) is 39.0 Å². The molecule has 14 nitrogen and oxygen atoms in total. The highest BCUT2D eigenvalue weighted by atomic mass is 19.1. The number of amides is 2. The first kappa shape index (κ1) is 27.2. The van der Waals surface area contributed by atoms with Gasteiger partial charge in [0.15, 0.2) is 34.7 Å². The number of rotatable bonds is 5. The number of nitrogens with two attached hydrogens (primary N) is 1. The van der Waals surface area contributed by atoms with Crippen LogP contribution in [0, 0.1) is 29.5 Å². The van der Waals surface area contributed by atoms with Crippen LogP contribution in [0.4, 0.5) is 10.1 Å². The molecule has 210 valence electrons. The van der Waals surface area contributed by atoms with Gasteiger partial charge in [0.05, 0.1) is 29.4 Å². The number of phenols is 1. The molecule has 0 saturated heterocycles. The Morgan fingerprint density at radius 3 is 2.55 bits per heavy atom.